The maximum Gasteiger partial charge on any atom is 0.261 e. The van der Waals surface area contributed by atoms with Crippen molar-refractivity contribution in [3.8, 4) is 0 Å². The van der Waals surface area contributed by atoms with Gasteiger partial charge in [0.25, 0.3) is 5.56 Å². The molecule has 1 aromatic carbocycles. The van der Waals surface area contributed by atoms with E-state index in [9.17, 15) is 9.59 Å². The molecule has 1 amide bonds. The maximum atomic E-state index is 12.6. The van der Waals surface area contributed by atoms with E-state index in [2.05, 4.69) is 11.9 Å². The van der Waals surface area contributed by atoms with Crippen molar-refractivity contribution in [3.05, 3.63) is 40.4 Å². The van der Waals surface area contributed by atoms with E-state index in [0.717, 1.165) is 30.6 Å². The Morgan fingerprint density at radius 2 is 2.17 bits per heavy atom. The highest BCUT2D eigenvalue weighted by atomic mass is 16.2. The van der Waals surface area contributed by atoms with E-state index >= 15 is 0 Å². The second-order valence-electron chi connectivity index (χ2n) is 6.75. The highest BCUT2D eigenvalue weighted by Crippen LogP contribution is 2.29. The third kappa shape index (κ3) is 3.66. The standard InChI is InChI=1S/C19H25N3O2/c1-3-10-21(12-15-7-8-15)17(23)9-11-22-13-20-18-14(2)5-4-6-16(18)19(22)24/h4-6,13,15H,3,7-12H2,1-2H3. The lowest BCUT2D eigenvalue weighted by Crippen LogP contribution is -2.35. The largest absolute Gasteiger partial charge is 0.342 e. The van der Waals surface area contributed by atoms with Gasteiger partial charge in [-0.15, -0.1) is 0 Å². The maximum absolute atomic E-state index is 12.6. The third-order valence-electron chi connectivity index (χ3n) is 4.64. The van der Waals surface area contributed by atoms with Gasteiger partial charge in [-0.3, -0.25) is 14.2 Å². The molecule has 1 heterocycles. The third-order valence-corrected chi connectivity index (χ3v) is 4.64. The Labute approximate surface area is 142 Å². The molecule has 0 N–H and O–H groups in total. The summed E-state index contributed by atoms with van der Waals surface area (Å²) in [6.45, 7) is 6.10. The molecular formula is C19H25N3O2. The summed E-state index contributed by atoms with van der Waals surface area (Å²) in [5.74, 6) is 0.827. The molecule has 1 aromatic heterocycles. The van der Waals surface area contributed by atoms with Gasteiger partial charge in [0.05, 0.1) is 17.2 Å². The molecule has 0 spiro atoms. The molecule has 1 fully saturated rings. The Kier molecular flexibility index (Phi) is 4.97. The first-order valence-corrected chi connectivity index (χ1v) is 8.82. The van der Waals surface area contributed by atoms with E-state index in [1.54, 1.807) is 17.0 Å². The topological polar surface area (TPSA) is 55.2 Å². The molecule has 2 aromatic rings. The van der Waals surface area contributed by atoms with Crippen LogP contribution in [0.2, 0.25) is 0 Å². The first-order chi connectivity index (χ1) is 11.6. The van der Waals surface area contributed by atoms with Crippen LogP contribution in [0.3, 0.4) is 0 Å². The molecule has 3 rings (SSSR count). The number of para-hydroxylation sites is 1. The van der Waals surface area contributed by atoms with Crippen molar-refractivity contribution in [3.63, 3.8) is 0 Å². The highest BCUT2D eigenvalue weighted by molar-refractivity contribution is 5.80. The van der Waals surface area contributed by atoms with Gasteiger partial charge in [0.1, 0.15) is 0 Å². The normalized spacial score (nSPS) is 14.1. The lowest BCUT2D eigenvalue weighted by atomic mass is 10.1. The lowest BCUT2D eigenvalue weighted by molar-refractivity contribution is -0.131. The van der Waals surface area contributed by atoms with Gasteiger partial charge < -0.3 is 4.90 Å². The van der Waals surface area contributed by atoms with Gasteiger partial charge in [-0.1, -0.05) is 19.1 Å². The zero-order valence-electron chi connectivity index (χ0n) is 14.5. The first-order valence-electron chi connectivity index (χ1n) is 8.82. The number of fused-ring (bicyclic) bond motifs is 1. The summed E-state index contributed by atoms with van der Waals surface area (Å²) in [6, 6.07) is 5.62. The minimum absolute atomic E-state index is 0.0688. The number of aryl methyl sites for hydroxylation is 2. The van der Waals surface area contributed by atoms with Crippen molar-refractivity contribution in [2.45, 2.75) is 46.1 Å². The van der Waals surface area contributed by atoms with E-state index in [1.165, 1.54) is 12.8 Å². The van der Waals surface area contributed by atoms with Gasteiger partial charge in [-0.2, -0.15) is 0 Å². The van der Waals surface area contributed by atoms with Crippen LogP contribution in [0, 0.1) is 12.8 Å². The van der Waals surface area contributed by atoms with Crippen LogP contribution < -0.4 is 5.56 Å². The van der Waals surface area contributed by atoms with E-state index in [4.69, 9.17) is 0 Å². The summed E-state index contributed by atoms with van der Waals surface area (Å²) in [7, 11) is 0. The fourth-order valence-electron chi connectivity index (χ4n) is 3.07. The van der Waals surface area contributed by atoms with Crippen molar-refractivity contribution in [2.24, 2.45) is 5.92 Å². The Morgan fingerprint density at radius 3 is 2.88 bits per heavy atom. The van der Waals surface area contributed by atoms with Crippen LogP contribution in [0.4, 0.5) is 0 Å². The Morgan fingerprint density at radius 1 is 1.38 bits per heavy atom. The summed E-state index contributed by atoms with van der Waals surface area (Å²) >= 11 is 0. The number of amides is 1. The van der Waals surface area contributed by atoms with Crippen LogP contribution in [0.5, 0.6) is 0 Å². The van der Waals surface area contributed by atoms with Gasteiger partial charge in [-0.25, -0.2) is 4.98 Å². The average molecular weight is 327 g/mol. The number of hydrogen-bond acceptors (Lipinski definition) is 3. The van der Waals surface area contributed by atoms with Crippen molar-refractivity contribution < 1.29 is 4.79 Å². The molecule has 0 bridgehead atoms. The molecule has 1 aliphatic rings. The highest BCUT2D eigenvalue weighted by Gasteiger charge is 2.26. The van der Waals surface area contributed by atoms with Crippen molar-refractivity contribution in [1.29, 1.82) is 0 Å². The molecule has 5 nitrogen and oxygen atoms in total. The van der Waals surface area contributed by atoms with E-state index < -0.39 is 0 Å². The van der Waals surface area contributed by atoms with Crippen LogP contribution in [-0.4, -0.2) is 33.4 Å². The predicted molar refractivity (Wildman–Crippen MR) is 95.0 cm³/mol. The lowest BCUT2D eigenvalue weighted by Gasteiger charge is -2.22. The summed E-state index contributed by atoms with van der Waals surface area (Å²) in [5, 5.41) is 0.619. The fourth-order valence-corrected chi connectivity index (χ4v) is 3.07. The number of benzene rings is 1. The van der Waals surface area contributed by atoms with Crippen LogP contribution in [-0.2, 0) is 11.3 Å². The van der Waals surface area contributed by atoms with Gasteiger partial charge in [0, 0.05) is 26.1 Å². The van der Waals surface area contributed by atoms with Gasteiger partial charge in [0.2, 0.25) is 5.91 Å². The van der Waals surface area contributed by atoms with Crippen LogP contribution in [0.15, 0.2) is 29.3 Å². The van der Waals surface area contributed by atoms with E-state index in [-0.39, 0.29) is 11.5 Å². The number of carbonyl (C=O) groups excluding carboxylic acids is 1. The quantitative estimate of drug-likeness (QED) is 0.786. The fraction of sp³-hybridized carbons (Fsp3) is 0.526. The second kappa shape index (κ2) is 7.16. The summed E-state index contributed by atoms with van der Waals surface area (Å²) in [4.78, 5) is 31.4. The molecule has 128 valence electrons. The molecule has 0 radical (unpaired) electrons. The molecule has 0 atom stereocenters. The smallest absolute Gasteiger partial charge is 0.261 e. The molecular weight excluding hydrogens is 302 g/mol. The Bertz CT molecular complexity index is 793. The molecule has 24 heavy (non-hydrogen) atoms. The van der Waals surface area contributed by atoms with Crippen molar-refractivity contribution in [1.82, 2.24) is 14.5 Å². The van der Waals surface area contributed by atoms with E-state index in [1.807, 2.05) is 24.0 Å². The Balaban J connectivity index is 1.71. The molecule has 1 saturated carbocycles. The average Bonchev–Trinajstić information content (AvgIpc) is 3.38. The summed E-state index contributed by atoms with van der Waals surface area (Å²) in [6.07, 6.45) is 5.36. The monoisotopic (exact) mass is 327 g/mol. The number of hydrogen-bond donors (Lipinski definition) is 0. The van der Waals surface area contributed by atoms with Gasteiger partial charge >= 0.3 is 0 Å². The van der Waals surface area contributed by atoms with Crippen molar-refractivity contribution >= 4 is 16.8 Å². The molecule has 0 unspecified atom stereocenters. The predicted octanol–water partition coefficient (Wildman–Crippen LogP) is 2.74. The summed E-state index contributed by atoms with van der Waals surface area (Å²) < 4.78 is 1.56. The zero-order valence-corrected chi connectivity index (χ0v) is 14.5. The molecule has 1 aliphatic carbocycles. The number of rotatable bonds is 7. The molecule has 0 aliphatic heterocycles. The first kappa shape index (κ1) is 16.7. The van der Waals surface area contributed by atoms with Crippen LogP contribution in [0.25, 0.3) is 10.9 Å². The number of aromatic nitrogens is 2. The minimum Gasteiger partial charge on any atom is -0.342 e. The second-order valence-corrected chi connectivity index (χ2v) is 6.75. The summed E-state index contributed by atoms with van der Waals surface area (Å²) in [5.41, 5.74) is 1.67. The number of carbonyl (C=O) groups is 1. The molecule has 5 heteroatoms. The molecule has 0 saturated heterocycles. The minimum atomic E-state index is -0.0688. The SMILES string of the molecule is CCCN(CC1CC1)C(=O)CCn1cnc2c(C)cccc2c1=O. The van der Waals surface area contributed by atoms with Gasteiger partial charge in [-0.05, 0) is 43.7 Å². The van der Waals surface area contributed by atoms with Crippen molar-refractivity contribution in [2.75, 3.05) is 13.1 Å². The zero-order chi connectivity index (χ0) is 17.1. The van der Waals surface area contributed by atoms with E-state index in [0.29, 0.717) is 24.3 Å². The van der Waals surface area contributed by atoms with Crippen LogP contribution >= 0.6 is 0 Å². The Hall–Kier alpha value is -2.17. The van der Waals surface area contributed by atoms with Crippen LogP contribution in [0.1, 0.15) is 38.2 Å². The number of nitrogens with zero attached hydrogens (tertiary/aromatic N) is 3. The van der Waals surface area contributed by atoms with Gasteiger partial charge in [0.15, 0.2) is 0 Å².